The van der Waals surface area contributed by atoms with E-state index < -0.39 is 18.0 Å². The molecule has 0 fully saturated rings. The molecule has 1 aromatic carbocycles. The number of methoxy groups -OCH3 is 2. The van der Waals surface area contributed by atoms with Crippen molar-refractivity contribution < 1.29 is 23.8 Å². The van der Waals surface area contributed by atoms with Gasteiger partial charge in [0.05, 0.1) is 25.8 Å². The molecule has 0 aliphatic carbocycles. The summed E-state index contributed by atoms with van der Waals surface area (Å²) in [6.45, 7) is 5.24. The Morgan fingerprint density at radius 3 is 2.71 bits per heavy atom. The van der Waals surface area contributed by atoms with E-state index in [1.54, 1.807) is 25.1 Å². The zero-order valence-electron chi connectivity index (χ0n) is 13.8. The Morgan fingerprint density at radius 1 is 1.33 bits per heavy atom. The van der Waals surface area contributed by atoms with E-state index in [1.165, 1.54) is 20.3 Å². The Bertz CT molecular complexity index is 696. The van der Waals surface area contributed by atoms with Crippen LogP contribution in [0.3, 0.4) is 0 Å². The quantitative estimate of drug-likeness (QED) is 0.615. The molecule has 128 valence electrons. The lowest BCUT2D eigenvalue weighted by molar-refractivity contribution is -0.138. The molecule has 7 nitrogen and oxygen atoms in total. The van der Waals surface area contributed by atoms with Gasteiger partial charge in [-0.25, -0.2) is 9.59 Å². The van der Waals surface area contributed by atoms with Crippen LogP contribution in [0, 0.1) is 0 Å². The number of hydrogen-bond donors (Lipinski definition) is 2. The normalized spacial score (nSPS) is 16.8. The van der Waals surface area contributed by atoms with Crippen LogP contribution in [-0.2, 0) is 9.53 Å². The third-order valence-electron chi connectivity index (χ3n) is 3.57. The van der Waals surface area contributed by atoms with Crippen LogP contribution >= 0.6 is 0 Å². The number of benzene rings is 1. The Labute approximate surface area is 140 Å². The molecule has 1 aliphatic rings. The predicted molar refractivity (Wildman–Crippen MR) is 87.8 cm³/mol. The Morgan fingerprint density at radius 2 is 2.08 bits per heavy atom. The summed E-state index contributed by atoms with van der Waals surface area (Å²) in [5.41, 5.74) is 1.31. The van der Waals surface area contributed by atoms with E-state index in [0.717, 1.165) is 0 Å². The minimum Gasteiger partial charge on any atom is -0.497 e. The highest BCUT2D eigenvalue weighted by molar-refractivity contribution is 5.95. The van der Waals surface area contributed by atoms with Crippen molar-refractivity contribution in [2.45, 2.75) is 13.0 Å². The third-order valence-corrected chi connectivity index (χ3v) is 3.57. The zero-order valence-corrected chi connectivity index (χ0v) is 13.8. The molecule has 24 heavy (non-hydrogen) atoms. The third kappa shape index (κ3) is 3.51. The van der Waals surface area contributed by atoms with Gasteiger partial charge in [0, 0.05) is 11.3 Å². The van der Waals surface area contributed by atoms with Crippen molar-refractivity contribution in [1.82, 2.24) is 10.6 Å². The molecule has 1 aliphatic heterocycles. The van der Waals surface area contributed by atoms with Gasteiger partial charge in [-0.15, -0.1) is 0 Å². The molecular weight excluding hydrogens is 312 g/mol. The van der Waals surface area contributed by atoms with Crippen LogP contribution in [-0.4, -0.2) is 32.8 Å². The predicted octanol–water partition coefficient (Wildman–Crippen LogP) is 2.06. The zero-order chi connectivity index (χ0) is 17.7. The SMILES string of the molecule is C=CCOC(=O)C1=C(C)NC(=O)N[C@H]1c1cc(OC)ccc1OC. The van der Waals surface area contributed by atoms with Crippen LogP contribution in [0.5, 0.6) is 11.5 Å². The topological polar surface area (TPSA) is 85.9 Å². The fraction of sp³-hybridized carbons (Fsp3) is 0.294. The highest BCUT2D eigenvalue weighted by Gasteiger charge is 2.34. The van der Waals surface area contributed by atoms with Gasteiger partial charge in [-0.05, 0) is 25.1 Å². The van der Waals surface area contributed by atoms with E-state index in [4.69, 9.17) is 14.2 Å². The smallest absolute Gasteiger partial charge is 0.338 e. The number of allylic oxidation sites excluding steroid dienone is 1. The maximum atomic E-state index is 12.4. The molecule has 1 atom stereocenters. The van der Waals surface area contributed by atoms with Gasteiger partial charge in [-0.3, -0.25) is 0 Å². The van der Waals surface area contributed by atoms with Crippen LogP contribution in [0.4, 0.5) is 4.79 Å². The summed E-state index contributed by atoms with van der Waals surface area (Å²) in [5, 5.41) is 5.31. The fourth-order valence-corrected chi connectivity index (χ4v) is 2.48. The number of urea groups is 1. The standard InChI is InChI=1S/C17H20N2O5/c1-5-8-24-16(20)14-10(2)18-17(21)19-15(14)12-9-11(22-3)6-7-13(12)23-4/h5-7,9,15H,1,8H2,2-4H3,(H2,18,19,21)/t15-/m0/s1. The molecule has 0 unspecified atom stereocenters. The van der Waals surface area contributed by atoms with Crippen LogP contribution in [0.15, 0.2) is 42.1 Å². The van der Waals surface area contributed by atoms with E-state index in [0.29, 0.717) is 28.3 Å². The molecule has 7 heteroatoms. The number of nitrogens with one attached hydrogen (secondary N) is 2. The minimum atomic E-state index is -0.721. The summed E-state index contributed by atoms with van der Waals surface area (Å²) in [6.07, 6.45) is 1.48. The molecule has 0 aromatic heterocycles. The van der Waals surface area contributed by atoms with E-state index in [2.05, 4.69) is 17.2 Å². The van der Waals surface area contributed by atoms with Gasteiger partial charge < -0.3 is 24.8 Å². The van der Waals surface area contributed by atoms with E-state index >= 15 is 0 Å². The highest BCUT2D eigenvalue weighted by atomic mass is 16.5. The first-order valence-electron chi connectivity index (χ1n) is 7.30. The monoisotopic (exact) mass is 332 g/mol. The van der Waals surface area contributed by atoms with Crippen molar-refractivity contribution in [3.63, 3.8) is 0 Å². The molecule has 0 saturated carbocycles. The Balaban J connectivity index is 2.52. The second-order valence-electron chi connectivity index (χ2n) is 5.07. The summed E-state index contributed by atoms with van der Waals surface area (Å²) >= 11 is 0. The summed E-state index contributed by atoms with van der Waals surface area (Å²) < 4.78 is 15.7. The summed E-state index contributed by atoms with van der Waals surface area (Å²) in [7, 11) is 3.05. The molecule has 2 amide bonds. The molecule has 0 saturated heterocycles. The number of esters is 1. The largest absolute Gasteiger partial charge is 0.497 e. The van der Waals surface area contributed by atoms with Gasteiger partial charge in [-0.2, -0.15) is 0 Å². The van der Waals surface area contributed by atoms with Gasteiger partial charge in [0.25, 0.3) is 0 Å². The molecule has 2 N–H and O–H groups in total. The molecule has 2 rings (SSSR count). The average molecular weight is 332 g/mol. The Kier molecular flexibility index (Phi) is 5.47. The van der Waals surface area contributed by atoms with Gasteiger partial charge in [-0.1, -0.05) is 12.7 Å². The van der Waals surface area contributed by atoms with Crippen LogP contribution in [0.1, 0.15) is 18.5 Å². The van der Waals surface area contributed by atoms with Crippen molar-refractivity contribution in [1.29, 1.82) is 0 Å². The molecule has 1 heterocycles. The second kappa shape index (κ2) is 7.54. The Hall–Kier alpha value is -2.96. The van der Waals surface area contributed by atoms with Gasteiger partial charge in [0.15, 0.2) is 0 Å². The summed E-state index contributed by atoms with van der Waals surface area (Å²) in [4.78, 5) is 24.3. The second-order valence-corrected chi connectivity index (χ2v) is 5.07. The lowest BCUT2D eigenvalue weighted by atomic mass is 9.94. The number of hydrogen-bond acceptors (Lipinski definition) is 5. The van der Waals surface area contributed by atoms with E-state index in [9.17, 15) is 9.59 Å². The fourth-order valence-electron chi connectivity index (χ4n) is 2.48. The van der Waals surface area contributed by atoms with Crippen LogP contribution in [0.25, 0.3) is 0 Å². The first kappa shape index (κ1) is 17.4. The maximum absolute atomic E-state index is 12.4. The first-order chi connectivity index (χ1) is 11.5. The number of ether oxygens (including phenoxy) is 3. The molecule has 0 radical (unpaired) electrons. The van der Waals surface area contributed by atoms with Crippen molar-refractivity contribution in [2.24, 2.45) is 0 Å². The van der Waals surface area contributed by atoms with Crippen molar-refractivity contribution in [3.05, 3.63) is 47.7 Å². The molecular formula is C17H20N2O5. The number of amides is 2. The molecule has 0 bridgehead atoms. The maximum Gasteiger partial charge on any atom is 0.338 e. The summed E-state index contributed by atoms with van der Waals surface area (Å²) in [5.74, 6) is 0.551. The van der Waals surface area contributed by atoms with Crippen molar-refractivity contribution in [3.8, 4) is 11.5 Å². The minimum absolute atomic E-state index is 0.0749. The highest BCUT2D eigenvalue weighted by Crippen LogP contribution is 2.35. The molecule has 1 aromatic rings. The van der Waals surface area contributed by atoms with Crippen LogP contribution in [0.2, 0.25) is 0 Å². The average Bonchev–Trinajstić information content (AvgIpc) is 2.58. The van der Waals surface area contributed by atoms with Crippen molar-refractivity contribution >= 4 is 12.0 Å². The van der Waals surface area contributed by atoms with E-state index in [-0.39, 0.29) is 6.61 Å². The first-order valence-corrected chi connectivity index (χ1v) is 7.30. The van der Waals surface area contributed by atoms with Crippen molar-refractivity contribution in [2.75, 3.05) is 20.8 Å². The number of rotatable bonds is 6. The van der Waals surface area contributed by atoms with E-state index in [1.807, 2.05) is 0 Å². The molecule has 0 spiro atoms. The van der Waals surface area contributed by atoms with Gasteiger partial charge in [0.1, 0.15) is 18.1 Å². The van der Waals surface area contributed by atoms with Gasteiger partial charge >= 0.3 is 12.0 Å². The van der Waals surface area contributed by atoms with Gasteiger partial charge in [0.2, 0.25) is 0 Å². The summed E-state index contributed by atoms with van der Waals surface area (Å²) in [6, 6.07) is 4.02. The number of carbonyl (C=O) groups excluding carboxylic acids is 2. The van der Waals surface area contributed by atoms with Crippen LogP contribution < -0.4 is 20.1 Å². The lowest BCUT2D eigenvalue weighted by Crippen LogP contribution is -2.45. The number of carbonyl (C=O) groups is 2. The lowest BCUT2D eigenvalue weighted by Gasteiger charge is -2.29.